The molecule has 0 radical (unpaired) electrons. The number of rotatable bonds is 8. The first-order valence-corrected chi connectivity index (χ1v) is 11.4. The number of nitrogens with zero attached hydrogens (tertiary/aromatic N) is 2. The van der Waals surface area contributed by atoms with Gasteiger partial charge in [-0.2, -0.15) is 13.7 Å². The van der Waals surface area contributed by atoms with E-state index in [1.807, 2.05) is 0 Å². The highest BCUT2D eigenvalue weighted by atomic mass is 32.2. The van der Waals surface area contributed by atoms with Gasteiger partial charge in [-0.3, -0.25) is 14.9 Å². The third-order valence-corrected chi connectivity index (χ3v) is 5.94. The Labute approximate surface area is 201 Å². The first-order valence-electron chi connectivity index (χ1n) is 10.0. The van der Waals surface area contributed by atoms with Gasteiger partial charge in [0, 0.05) is 6.07 Å². The number of carbonyl (C=O) groups is 1. The third kappa shape index (κ3) is 6.01. The summed E-state index contributed by atoms with van der Waals surface area (Å²) >= 11 is 0. The van der Waals surface area contributed by atoms with Gasteiger partial charge in [-0.15, -0.1) is 0 Å². The first-order chi connectivity index (χ1) is 16.6. The molecule has 1 N–H and O–H groups in total. The Balaban J connectivity index is 1.92. The maximum Gasteiger partial charge on any atom is 0.339 e. The predicted octanol–water partition coefficient (Wildman–Crippen LogP) is 4.23. The lowest BCUT2D eigenvalue weighted by atomic mass is 10.1. The molecule has 0 spiro atoms. The Morgan fingerprint density at radius 3 is 2.43 bits per heavy atom. The number of nitro benzene ring substituents is 1. The van der Waals surface area contributed by atoms with Gasteiger partial charge in [0.2, 0.25) is 0 Å². The average Bonchev–Trinajstić information content (AvgIpc) is 2.84. The number of nitriles is 1. The van der Waals surface area contributed by atoms with Crippen molar-refractivity contribution >= 4 is 33.5 Å². The van der Waals surface area contributed by atoms with Crippen LogP contribution in [0.25, 0.3) is 6.08 Å². The standard InChI is InChI=1S/C24H19N3O7S/c1-16-8-10-20(21(12-16)27(29)30)26-24(28)18(15-25)13-17-9-11-22(33-2)23(14-17)34-35(31,32)19-6-4-3-5-7-19/h3-14H,1-2H3,(H,26,28)/b18-13+. The molecule has 3 rings (SSSR count). The Morgan fingerprint density at radius 2 is 1.80 bits per heavy atom. The van der Waals surface area contributed by atoms with Crippen LogP contribution in [0.3, 0.4) is 0 Å². The van der Waals surface area contributed by atoms with E-state index in [9.17, 15) is 28.6 Å². The van der Waals surface area contributed by atoms with Crippen molar-refractivity contribution in [1.82, 2.24) is 0 Å². The molecule has 0 saturated heterocycles. The number of hydrogen-bond donors (Lipinski definition) is 1. The van der Waals surface area contributed by atoms with E-state index >= 15 is 0 Å². The number of amides is 1. The molecule has 11 heteroatoms. The van der Waals surface area contributed by atoms with Gasteiger partial charge >= 0.3 is 10.1 Å². The smallest absolute Gasteiger partial charge is 0.339 e. The summed E-state index contributed by atoms with van der Waals surface area (Å²) in [5, 5.41) is 23.2. The molecule has 0 aliphatic heterocycles. The molecule has 35 heavy (non-hydrogen) atoms. The zero-order valence-electron chi connectivity index (χ0n) is 18.6. The fraction of sp³-hybridized carbons (Fsp3) is 0.0833. The first kappa shape index (κ1) is 24.9. The Hall–Kier alpha value is -4.69. The van der Waals surface area contributed by atoms with Crippen LogP contribution in [0.1, 0.15) is 11.1 Å². The number of nitro groups is 1. The van der Waals surface area contributed by atoms with Crippen LogP contribution in [0.2, 0.25) is 0 Å². The number of hydrogen-bond acceptors (Lipinski definition) is 8. The minimum atomic E-state index is -4.18. The summed E-state index contributed by atoms with van der Waals surface area (Å²) in [4.78, 5) is 23.2. The number of ether oxygens (including phenoxy) is 1. The lowest BCUT2D eigenvalue weighted by Gasteiger charge is -2.12. The van der Waals surface area contributed by atoms with Gasteiger partial charge in [-0.25, -0.2) is 0 Å². The average molecular weight is 493 g/mol. The summed E-state index contributed by atoms with van der Waals surface area (Å²) in [5.41, 5.74) is 0.124. The summed E-state index contributed by atoms with van der Waals surface area (Å²) < 4.78 is 35.6. The monoisotopic (exact) mass is 493 g/mol. The molecule has 0 bridgehead atoms. The minimum absolute atomic E-state index is 0.0696. The van der Waals surface area contributed by atoms with E-state index in [1.165, 1.54) is 55.7 Å². The van der Waals surface area contributed by atoms with Crippen molar-refractivity contribution in [3.63, 3.8) is 0 Å². The molecule has 0 fully saturated rings. The van der Waals surface area contributed by atoms with Crippen LogP contribution in [0.4, 0.5) is 11.4 Å². The van der Waals surface area contributed by atoms with E-state index < -0.39 is 20.9 Å². The summed E-state index contributed by atoms with van der Waals surface area (Å²) in [5.74, 6) is -0.925. The number of nitrogens with one attached hydrogen (secondary N) is 1. The number of aryl methyl sites for hydroxylation is 1. The van der Waals surface area contributed by atoms with Gasteiger partial charge in [-0.1, -0.05) is 30.3 Å². The fourth-order valence-electron chi connectivity index (χ4n) is 3.01. The quantitative estimate of drug-likeness (QED) is 0.161. The lowest BCUT2D eigenvalue weighted by Crippen LogP contribution is -2.14. The molecule has 10 nitrogen and oxygen atoms in total. The van der Waals surface area contributed by atoms with Crippen LogP contribution >= 0.6 is 0 Å². The van der Waals surface area contributed by atoms with Gasteiger partial charge in [0.1, 0.15) is 22.2 Å². The molecule has 0 aromatic heterocycles. The van der Waals surface area contributed by atoms with Gasteiger partial charge in [-0.05, 0) is 54.5 Å². The molecule has 0 unspecified atom stereocenters. The highest BCUT2D eigenvalue weighted by Crippen LogP contribution is 2.32. The molecule has 0 aliphatic rings. The number of methoxy groups -OCH3 is 1. The molecule has 0 atom stereocenters. The summed E-state index contributed by atoms with van der Waals surface area (Å²) in [6, 6.07) is 17.7. The van der Waals surface area contributed by atoms with E-state index in [1.54, 1.807) is 37.3 Å². The normalized spacial score (nSPS) is 11.3. The Bertz CT molecular complexity index is 1460. The SMILES string of the molecule is COc1ccc(/C=C(\C#N)C(=O)Nc2ccc(C)cc2[N+](=O)[O-])cc1OS(=O)(=O)c1ccccc1. The third-order valence-electron chi connectivity index (χ3n) is 4.69. The van der Waals surface area contributed by atoms with Gasteiger partial charge in [0.05, 0.1) is 12.0 Å². The highest BCUT2D eigenvalue weighted by molar-refractivity contribution is 7.87. The van der Waals surface area contributed by atoms with Crippen LogP contribution in [0.15, 0.2) is 77.2 Å². The second-order valence-electron chi connectivity index (χ2n) is 7.16. The van der Waals surface area contributed by atoms with Crippen LogP contribution in [0.5, 0.6) is 11.5 Å². The van der Waals surface area contributed by atoms with E-state index in [0.717, 1.165) is 0 Å². The Kier molecular flexibility index (Phi) is 7.48. The lowest BCUT2D eigenvalue weighted by molar-refractivity contribution is -0.384. The van der Waals surface area contributed by atoms with Crippen LogP contribution in [0, 0.1) is 28.4 Å². The van der Waals surface area contributed by atoms with Gasteiger partial charge in [0.15, 0.2) is 11.5 Å². The number of benzene rings is 3. The second-order valence-corrected chi connectivity index (χ2v) is 8.71. The van der Waals surface area contributed by atoms with Crippen LogP contribution in [-0.4, -0.2) is 26.4 Å². The zero-order valence-corrected chi connectivity index (χ0v) is 19.4. The summed E-state index contributed by atoms with van der Waals surface area (Å²) in [7, 11) is -2.85. The van der Waals surface area contributed by atoms with Crippen molar-refractivity contribution in [3.05, 3.63) is 93.5 Å². The molecule has 0 aliphatic carbocycles. The van der Waals surface area contributed by atoms with Crippen molar-refractivity contribution in [1.29, 1.82) is 5.26 Å². The summed E-state index contributed by atoms with van der Waals surface area (Å²) in [6.45, 7) is 1.67. The van der Waals surface area contributed by atoms with E-state index in [-0.39, 0.29) is 38.9 Å². The topological polar surface area (TPSA) is 149 Å². The Morgan fingerprint density at radius 1 is 1.09 bits per heavy atom. The van der Waals surface area contributed by atoms with Crippen LogP contribution < -0.4 is 14.2 Å². The zero-order chi connectivity index (χ0) is 25.6. The van der Waals surface area contributed by atoms with E-state index in [2.05, 4.69) is 5.32 Å². The van der Waals surface area contributed by atoms with Crippen molar-refractivity contribution in [2.45, 2.75) is 11.8 Å². The van der Waals surface area contributed by atoms with Crippen molar-refractivity contribution in [3.8, 4) is 17.6 Å². The molecule has 0 saturated carbocycles. The maximum atomic E-state index is 12.7. The maximum absolute atomic E-state index is 12.7. The molecule has 0 heterocycles. The molecule has 3 aromatic rings. The number of anilines is 1. The van der Waals surface area contributed by atoms with Crippen LogP contribution in [-0.2, 0) is 14.9 Å². The van der Waals surface area contributed by atoms with E-state index in [4.69, 9.17) is 8.92 Å². The van der Waals surface area contributed by atoms with Gasteiger partial charge < -0.3 is 14.2 Å². The minimum Gasteiger partial charge on any atom is -0.493 e. The molecule has 3 aromatic carbocycles. The fourth-order valence-corrected chi connectivity index (χ4v) is 3.96. The highest BCUT2D eigenvalue weighted by Gasteiger charge is 2.21. The largest absolute Gasteiger partial charge is 0.493 e. The summed E-state index contributed by atoms with van der Waals surface area (Å²) in [6.07, 6.45) is 1.19. The van der Waals surface area contributed by atoms with Crippen molar-refractivity contribution in [2.75, 3.05) is 12.4 Å². The van der Waals surface area contributed by atoms with Crippen molar-refractivity contribution in [2.24, 2.45) is 0 Å². The predicted molar refractivity (Wildman–Crippen MR) is 127 cm³/mol. The molecule has 1 amide bonds. The molecular weight excluding hydrogens is 474 g/mol. The number of carbonyl (C=O) groups excluding carboxylic acids is 1. The second kappa shape index (κ2) is 10.5. The van der Waals surface area contributed by atoms with E-state index in [0.29, 0.717) is 5.56 Å². The molecular formula is C24H19N3O7S. The van der Waals surface area contributed by atoms with Gasteiger partial charge in [0.25, 0.3) is 11.6 Å². The molecule has 178 valence electrons. The van der Waals surface area contributed by atoms with Crippen molar-refractivity contribution < 1.29 is 27.1 Å².